The molecule has 0 saturated carbocycles. The minimum atomic E-state index is -0.400. The largest absolute Gasteiger partial charge is 0.497 e. The number of hydrogen-bond acceptors (Lipinski definition) is 3. The van der Waals surface area contributed by atoms with E-state index in [0.29, 0.717) is 22.9 Å². The molecule has 2 N–H and O–H groups in total. The molecule has 2 rings (SSSR count). The first-order valence-electron chi connectivity index (χ1n) is 8.74. The zero-order valence-corrected chi connectivity index (χ0v) is 16.2. The Morgan fingerprint density at radius 2 is 1.89 bits per heavy atom. The molecule has 142 valence electrons. The number of nitrogens with one attached hydrogen (secondary N) is 2. The molecule has 0 spiro atoms. The van der Waals surface area contributed by atoms with E-state index in [1.165, 1.54) is 0 Å². The minimum Gasteiger partial charge on any atom is -0.497 e. The van der Waals surface area contributed by atoms with E-state index in [2.05, 4.69) is 10.6 Å². The van der Waals surface area contributed by atoms with Crippen LogP contribution in [0.25, 0.3) is 6.08 Å². The number of rotatable bonds is 8. The fourth-order valence-electron chi connectivity index (χ4n) is 2.32. The van der Waals surface area contributed by atoms with Crippen molar-refractivity contribution in [3.05, 3.63) is 70.4 Å². The lowest BCUT2D eigenvalue weighted by molar-refractivity contribution is -0.117. The van der Waals surface area contributed by atoms with Gasteiger partial charge in [0.25, 0.3) is 11.8 Å². The number of unbranched alkanes of at least 4 members (excludes halogenated alkanes) is 1. The number of ether oxygens (including phenoxy) is 1. The maximum atomic E-state index is 12.5. The third kappa shape index (κ3) is 6.46. The number of methoxy groups -OCH3 is 1. The number of halogens is 1. The van der Waals surface area contributed by atoms with Gasteiger partial charge in [-0.1, -0.05) is 43.1 Å². The molecular formula is C21H23ClN2O3. The SMILES string of the molecule is CCCCNC(=O)/C(=C/c1ccc(OC)cc1)NC(=O)c1cccc(Cl)c1. The standard InChI is InChI=1S/C21H23ClN2O3/c1-3-4-12-23-21(26)19(13-15-8-10-18(27-2)11-9-15)24-20(25)16-6-5-7-17(22)14-16/h5-11,13-14H,3-4,12H2,1-2H3,(H,23,26)(H,24,25)/b19-13-. The Hall–Kier alpha value is -2.79. The van der Waals surface area contributed by atoms with Gasteiger partial charge in [-0.15, -0.1) is 0 Å². The normalized spacial score (nSPS) is 11.0. The predicted octanol–water partition coefficient (Wildman–Crippen LogP) is 4.04. The second kappa shape index (κ2) is 10.4. The maximum absolute atomic E-state index is 12.5. The summed E-state index contributed by atoms with van der Waals surface area (Å²) in [5, 5.41) is 5.96. The molecule has 6 heteroatoms. The maximum Gasteiger partial charge on any atom is 0.267 e. The van der Waals surface area contributed by atoms with E-state index in [4.69, 9.17) is 16.3 Å². The average Bonchev–Trinajstić information content (AvgIpc) is 2.68. The first-order chi connectivity index (χ1) is 13.0. The molecule has 0 saturated heterocycles. The zero-order valence-electron chi connectivity index (χ0n) is 15.4. The molecule has 0 radical (unpaired) electrons. The number of amides is 2. The number of hydrogen-bond donors (Lipinski definition) is 2. The number of benzene rings is 2. The van der Waals surface area contributed by atoms with Crippen LogP contribution < -0.4 is 15.4 Å². The molecule has 0 atom stereocenters. The van der Waals surface area contributed by atoms with Crippen LogP contribution in [-0.4, -0.2) is 25.5 Å². The third-order valence-electron chi connectivity index (χ3n) is 3.82. The van der Waals surface area contributed by atoms with E-state index in [0.717, 1.165) is 18.4 Å². The summed E-state index contributed by atoms with van der Waals surface area (Å²) in [4.78, 5) is 25.1. The van der Waals surface area contributed by atoms with Crippen molar-refractivity contribution in [2.45, 2.75) is 19.8 Å². The first-order valence-corrected chi connectivity index (χ1v) is 9.12. The summed E-state index contributed by atoms with van der Waals surface area (Å²) in [5.74, 6) is -0.0263. The van der Waals surface area contributed by atoms with Gasteiger partial charge >= 0.3 is 0 Å². The summed E-state index contributed by atoms with van der Waals surface area (Å²) in [6.45, 7) is 2.59. The van der Waals surface area contributed by atoms with Crippen LogP contribution >= 0.6 is 11.6 Å². The van der Waals surface area contributed by atoms with Gasteiger partial charge in [-0.25, -0.2) is 0 Å². The molecule has 0 aromatic heterocycles. The van der Waals surface area contributed by atoms with E-state index < -0.39 is 5.91 Å². The Labute approximate surface area is 164 Å². The third-order valence-corrected chi connectivity index (χ3v) is 4.06. The Bertz CT molecular complexity index is 816. The van der Waals surface area contributed by atoms with Crippen LogP contribution in [0.4, 0.5) is 0 Å². The first kappa shape index (κ1) is 20.5. The highest BCUT2D eigenvalue weighted by Gasteiger charge is 2.14. The average molecular weight is 387 g/mol. The molecule has 0 aliphatic carbocycles. The van der Waals surface area contributed by atoms with Crippen molar-refractivity contribution in [1.82, 2.24) is 10.6 Å². The van der Waals surface area contributed by atoms with Gasteiger partial charge in [0.1, 0.15) is 11.4 Å². The summed E-state index contributed by atoms with van der Waals surface area (Å²) >= 11 is 5.95. The quantitative estimate of drug-likeness (QED) is 0.531. The van der Waals surface area contributed by atoms with Gasteiger partial charge in [-0.2, -0.15) is 0 Å². The topological polar surface area (TPSA) is 67.4 Å². The summed E-state index contributed by atoms with van der Waals surface area (Å²) in [6, 6.07) is 13.8. The van der Waals surface area contributed by atoms with Crippen molar-refractivity contribution < 1.29 is 14.3 Å². The summed E-state index contributed by atoms with van der Waals surface area (Å²) in [7, 11) is 1.59. The molecule has 0 unspecified atom stereocenters. The van der Waals surface area contributed by atoms with Gasteiger partial charge in [0.2, 0.25) is 0 Å². The lowest BCUT2D eigenvalue weighted by atomic mass is 10.1. The van der Waals surface area contributed by atoms with Crippen molar-refractivity contribution in [3.63, 3.8) is 0 Å². The van der Waals surface area contributed by atoms with Gasteiger partial charge in [0.15, 0.2) is 0 Å². The van der Waals surface area contributed by atoms with Crippen molar-refractivity contribution >= 4 is 29.5 Å². The fourth-order valence-corrected chi connectivity index (χ4v) is 2.51. The van der Waals surface area contributed by atoms with Gasteiger partial charge in [0, 0.05) is 17.1 Å². The molecule has 0 aliphatic rings. The van der Waals surface area contributed by atoms with Crippen molar-refractivity contribution in [2.75, 3.05) is 13.7 Å². The smallest absolute Gasteiger partial charge is 0.267 e. The van der Waals surface area contributed by atoms with Crippen LogP contribution in [0.2, 0.25) is 5.02 Å². The van der Waals surface area contributed by atoms with Gasteiger partial charge in [-0.3, -0.25) is 9.59 Å². The van der Waals surface area contributed by atoms with Crippen LogP contribution in [0, 0.1) is 0 Å². The van der Waals surface area contributed by atoms with Crippen LogP contribution in [0.1, 0.15) is 35.7 Å². The summed E-state index contributed by atoms with van der Waals surface area (Å²) in [5.41, 5.74) is 1.31. The second-order valence-corrected chi connectivity index (χ2v) is 6.34. The Morgan fingerprint density at radius 1 is 1.15 bits per heavy atom. The second-order valence-electron chi connectivity index (χ2n) is 5.91. The van der Waals surface area contributed by atoms with Gasteiger partial charge < -0.3 is 15.4 Å². The van der Waals surface area contributed by atoms with E-state index in [-0.39, 0.29) is 11.6 Å². The van der Waals surface area contributed by atoms with Crippen molar-refractivity contribution in [1.29, 1.82) is 0 Å². The number of carbonyl (C=O) groups excluding carboxylic acids is 2. The predicted molar refractivity (Wildman–Crippen MR) is 108 cm³/mol. The highest BCUT2D eigenvalue weighted by atomic mass is 35.5. The molecule has 2 aromatic rings. The highest BCUT2D eigenvalue weighted by molar-refractivity contribution is 6.31. The summed E-state index contributed by atoms with van der Waals surface area (Å²) < 4.78 is 5.14. The van der Waals surface area contributed by atoms with Crippen LogP contribution in [-0.2, 0) is 4.79 Å². The molecule has 0 aliphatic heterocycles. The molecule has 27 heavy (non-hydrogen) atoms. The van der Waals surface area contributed by atoms with Crippen molar-refractivity contribution in [3.8, 4) is 5.75 Å². The Kier molecular flexibility index (Phi) is 7.89. The van der Waals surface area contributed by atoms with E-state index >= 15 is 0 Å². The van der Waals surface area contributed by atoms with E-state index in [1.807, 2.05) is 19.1 Å². The van der Waals surface area contributed by atoms with Crippen LogP contribution in [0.15, 0.2) is 54.2 Å². The Morgan fingerprint density at radius 3 is 2.52 bits per heavy atom. The zero-order chi connectivity index (χ0) is 19.6. The van der Waals surface area contributed by atoms with Crippen LogP contribution in [0.3, 0.4) is 0 Å². The number of carbonyl (C=O) groups is 2. The Balaban J connectivity index is 2.23. The molecule has 5 nitrogen and oxygen atoms in total. The van der Waals surface area contributed by atoms with Crippen LogP contribution in [0.5, 0.6) is 5.75 Å². The summed E-state index contributed by atoms with van der Waals surface area (Å²) in [6.07, 6.45) is 3.46. The van der Waals surface area contributed by atoms with E-state index in [9.17, 15) is 9.59 Å². The lowest BCUT2D eigenvalue weighted by Gasteiger charge is -2.11. The molecular weight excluding hydrogens is 364 g/mol. The molecule has 0 fully saturated rings. The minimum absolute atomic E-state index is 0.168. The highest BCUT2D eigenvalue weighted by Crippen LogP contribution is 2.15. The lowest BCUT2D eigenvalue weighted by Crippen LogP contribution is -2.35. The molecule has 2 aromatic carbocycles. The van der Waals surface area contributed by atoms with Gasteiger partial charge in [-0.05, 0) is 48.4 Å². The van der Waals surface area contributed by atoms with E-state index in [1.54, 1.807) is 49.6 Å². The molecule has 0 heterocycles. The fraction of sp³-hybridized carbons (Fsp3) is 0.238. The monoisotopic (exact) mass is 386 g/mol. The van der Waals surface area contributed by atoms with Crippen molar-refractivity contribution in [2.24, 2.45) is 0 Å². The molecule has 0 bridgehead atoms. The molecule has 2 amide bonds. The van der Waals surface area contributed by atoms with Gasteiger partial charge in [0.05, 0.1) is 7.11 Å².